The fraction of sp³-hybridized carbons (Fsp3) is 0.304. The van der Waals surface area contributed by atoms with Crippen molar-refractivity contribution in [2.24, 2.45) is 5.73 Å². The maximum Gasteiger partial charge on any atom is 0.237 e. The summed E-state index contributed by atoms with van der Waals surface area (Å²) in [6.45, 7) is 3.65. The first kappa shape index (κ1) is 23.0. The highest BCUT2D eigenvalue weighted by Crippen LogP contribution is 2.35. The van der Waals surface area contributed by atoms with Gasteiger partial charge in [0.25, 0.3) is 0 Å². The van der Waals surface area contributed by atoms with Gasteiger partial charge in [0.05, 0.1) is 16.9 Å². The number of hydrogen-bond acceptors (Lipinski definition) is 6. The summed E-state index contributed by atoms with van der Waals surface area (Å²) in [6.07, 6.45) is 5.68. The molecule has 0 atom stereocenters. The van der Waals surface area contributed by atoms with Crippen LogP contribution in [-0.2, 0) is 4.79 Å². The van der Waals surface area contributed by atoms with Gasteiger partial charge in [-0.1, -0.05) is 18.5 Å². The number of aromatic nitrogens is 3. The van der Waals surface area contributed by atoms with Crippen LogP contribution in [0.1, 0.15) is 19.8 Å². The third kappa shape index (κ3) is 4.51. The lowest BCUT2D eigenvalue weighted by molar-refractivity contribution is -0.125. The Morgan fingerprint density at radius 2 is 1.94 bits per heavy atom. The number of amides is 1. The van der Waals surface area contributed by atoms with Gasteiger partial charge in [-0.3, -0.25) is 14.8 Å². The second-order valence-electron chi connectivity index (χ2n) is 7.87. The SMILES string of the molecule is CCNC1(C(N)=O)CCN(c2cnc(-c3ccc(F)c(F)c3)c(-c3ccncc3Cl)n2)CC1. The molecule has 2 aromatic heterocycles. The largest absolute Gasteiger partial charge is 0.368 e. The van der Waals surface area contributed by atoms with Crippen molar-refractivity contribution >= 4 is 23.3 Å². The summed E-state index contributed by atoms with van der Waals surface area (Å²) in [5.74, 6) is -1.71. The number of pyridine rings is 1. The van der Waals surface area contributed by atoms with Gasteiger partial charge < -0.3 is 16.0 Å². The zero-order chi connectivity index (χ0) is 23.6. The van der Waals surface area contributed by atoms with Crippen molar-refractivity contribution in [2.45, 2.75) is 25.3 Å². The van der Waals surface area contributed by atoms with Gasteiger partial charge in [0.15, 0.2) is 11.6 Å². The van der Waals surface area contributed by atoms with Gasteiger partial charge in [-0.05, 0) is 43.7 Å². The summed E-state index contributed by atoms with van der Waals surface area (Å²) in [7, 11) is 0. The van der Waals surface area contributed by atoms with Crippen molar-refractivity contribution in [3.05, 3.63) is 59.5 Å². The van der Waals surface area contributed by atoms with Crippen molar-refractivity contribution in [2.75, 3.05) is 24.5 Å². The van der Waals surface area contributed by atoms with Crippen molar-refractivity contribution in [3.8, 4) is 22.5 Å². The number of halogens is 3. The van der Waals surface area contributed by atoms with E-state index in [1.807, 2.05) is 11.8 Å². The molecule has 3 N–H and O–H groups in total. The van der Waals surface area contributed by atoms with E-state index in [0.717, 1.165) is 12.1 Å². The molecule has 1 saturated heterocycles. The molecule has 3 heterocycles. The minimum atomic E-state index is -0.979. The Bertz CT molecular complexity index is 1180. The lowest BCUT2D eigenvalue weighted by Crippen LogP contribution is -2.61. The van der Waals surface area contributed by atoms with Gasteiger partial charge in [0.2, 0.25) is 5.91 Å². The Kier molecular flexibility index (Phi) is 6.53. The third-order valence-electron chi connectivity index (χ3n) is 5.91. The van der Waals surface area contributed by atoms with E-state index in [1.54, 1.807) is 18.5 Å². The maximum atomic E-state index is 13.9. The summed E-state index contributed by atoms with van der Waals surface area (Å²) in [5, 5.41) is 3.58. The second kappa shape index (κ2) is 9.36. The minimum absolute atomic E-state index is 0.353. The average molecular weight is 473 g/mol. The summed E-state index contributed by atoms with van der Waals surface area (Å²) in [5.41, 5.74) is 6.64. The molecular formula is C23H23ClF2N6O. The molecule has 0 spiro atoms. The molecular weight excluding hydrogens is 450 g/mol. The van der Waals surface area contributed by atoms with Crippen molar-refractivity contribution < 1.29 is 13.6 Å². The number of nitrogens with two attached hydrogens (primary N) is 1. The van der Waals surface area contributed by atoms with Crippen LogP contribution in [0.25, 0.3) is 22.5 Å². The number of hydrogen-bond donors (Lipinski definition) is 2. The molecule has 0 aliphatic carbocycles. The number of likely N-dealkylation sites (N-methyl/N-ethyl adjacent to an activating group) is 1. The Hall–Kier alpha value is -3.17. The fourth-order valence-corrected chi connectivity index (χ4v) is 4.32. The molecule has 1 aliphatic heterocycles. The molecule has 0 saturated carbocycles. The van der Waals surface area contributed by atoms with Crippen molar-refractivity contribution in [1.82, 2.24) is 20.3 Å². The number of anilines is 1. The monoisotopic (exact) mass is 472 g/mol. The van der Waals surface area contributed by atoms with Gasteiger partial charge in [-0.25, -0.2) is 13.8 Å². The highest BCUT2D eigenvalue weighted by Gasteiger charge is 2.39. The van der Waals surface area contributed by atoms with E-state index >= 15 is 0 Å². The quantitative estimate of drug-likeness (QED) is 0.569. The number of benzene rings is 1. The summed E-state index contributed by atoms with van der Waals surface area (Å²) in [4.78, 5) is 27.4. The molecule has 10 heteroatoms. The van der Waals surface area contributed by atoms with Crippen LogP contribution >= 0.6 is 11.6 Å². The van der Waals surface area contributed by atoms with Crippen LogP contribution < -0.4 is 16.0 Å². The highest BCUT2D eigenvalue weighted by molar-refractivity contribution is 6.33. The summed E-state index contributed by atoms with van der Waals surface area (Å²) >= 11 is 6.38. The van der Waals surface area contributed by atoms with Crippen LogP contribution in [0.3, 0.4) is 0 Å². The molecule has 7 nitrogen and oxygen atoms in total. The summed E-state index contributed by atoms with van der Waals surface area (Å²) in [6, 6.07) is 5.27. The second-order valence-corrected chi connectivity index (χ2v) is 8.28. The Morgan fingerprint density at radius 3 is 2.58 bits per heavy atom. The minimum Gasteiger partial charge on any atom is -0.368 e. The van der Waals surface area contributed by atoms with E-state index in [9.17, 15) is 13.6 Å². The van der Waals surface area contributed by atoms with E-state index < -0.39 is 17.2 Å². The lowest BCUT2D eigenvalue weighted by Gasteiger charge is -2.40. The van der Waals surface area contributed by atoms with Crippen LogP contribution in [-0.4, -0.2) is 46.0 Å². The van der Waals surface area contributed by atoms with E-state index in [2.05, 4.69) is 15.3 Å². The van der Waals surface area contributed by atoms with Gasteiger partial charge in [0.1, 0.15) is 17.1 Å². The molecule has 4 rings (SSSR count). The van der Waals surface area contributed by atoms with Crippen LogP contribution in [0.5, 0.6) is 0 Å². The first-order valence-corrected chi connectivity index (χ1v) is 10.9. The lowest BCUT2D eigenvalue weighted by atomic mass is 9.86. The van der Waals surface area contributed by atoms with E-state index in [4.69, 9.17) is 22.3 Å². The predicted octanol–water partition coefficient (Wildman–Crippen LogP) is 3.57. The van der Waals surface area contributed by atoms with E-state index in [0.29, 0.717) is 65.8 Å². The summed E-state index contributed by atoms with van der Waals surface area (Å²) < 4.78 is 27.4. The van der Waals surface area contributed by atoms with Crippen molar-refractivity contribution in [1.29, 1.82) is 0 Å². The number of rotatable bonds is 6. The Balaban J connectivity index is 1.73. The molecule has 0 unspecified atom stereocenters. The standard InChI is InChI=1S/C23H23ClF2N6O/c1-2-30-23(22(27)33)6-9-32(10-7-23)19-13-29-20(14-3-4-17(25)18(26)11-14)21(31-19)15-5-8-28-12-16(15)24/h3-5,8,11-13,30H,2,6-7,9-10H2,1H3,(H2,27,33). The maximum absolute atomic E-state index is 13.9. The van der Waals surface area contributed by atoms with Crippen LogP contribution in [0, 0.1) is 11.6 Å². The van der Waals surface area contributed by atoms with Crippen molar-refractivity contribution in [3.63, 3.8) is 0 Å². The molecule has 1 amide bonds. The fourth-order valence-electron chi connectivity index (χ4n) is 4.11. The number of carbonyl (C=O) groups excluding carboxylic acids is 1. The number of carbonyl (C=O) groups is 1. The number of nitrogens with one attached hydrogen (secondary N) is 1. The number of piperidine rings is 1. The molecule has 1 aromatic carbocycles. The molecule has 172 valence electrons. The van der Waals surface area contributed by atoms with Gasteiger partial charge >= 0.3 is 0 Å². The molecule has 1 fully saturated rings. The van der Waals surface area contributed by atoms with Gasteiger partial charge in [-0.15, -0.1) is 0 Å². The first-order chi connectivity index (χ1) is 15.8. The zero-order valence-electron chi connectivity index (χ0n) is 18.0. The molecule has 3 aromatic rings. The third-order valence-corrected chi connectivity index (χ3v) is 6.21. The van der Waals surface area contributed by atoms with Crippen LogP contribution in [0.4, 0.5) is 14.6 Å². The van der Waals surface area contributed by atoms with Crippen LogP contribution in [0.15, 0.2) is 42.9 Å². The van der Waals surface area contributed by atoms with E-state index in [1.165, 1.54) is 12.3 Å². The Labute approximate surface area is 195 Å². The number of primary amides is 1. The molecule has 0 bridgehead atoms. The molecule has 0 radical (unpaired) electrons. The van der Waals surface area contributed by atoms with Crippen LogP contribution in [0.2, 0.25) is 5.02 Å². The highest BCUT2D eigenvalue weighted by atomic mass is 35.5. The molecule has 33 heavy (non-hydrogen) atoms. The molecule has 1 aliphatic rings. The zero-order valence-corrected chi connectivity index (χ0v) is 18.7. The Morgan fingerprint density at radius 1 is 1.18 bits per heavy atom. The topological polar surface area (TPSA) is 97.0 Å². The smallest absolute Gasteiger partial charge is 0.237 e. The van der Waals surface area contributed by atoms with Gasteiger partial charge in [-0.2, -0.15) is 0 Å². The normalized spacial score (nSPS) is 15.5. The first-order valence-electron chi connectivity index (χ1n) is 10.6. The predicted molar refractivity (Wildman–Crippen MR) is 123 cm³/mol. The average Bonchev–Trinajstić information content (AvgIpc) is 2.81. The van der Waals surface area contributed by atoms with Gasteiger partial charge in [0, 0.05) is 36.6 Å². The number of nitrogens with zero attached hydrogens (tertiary/aromatic N) is 4. The van der Waals surface area contributed by atoms with E-state index in [-0.39, 0.29) is 5.91 Å².